The maximum atomic E-state index is 12.0. The zero-order chi connectivity index (χ0) is 15.6. The van der Waals surface area contributed by atoms with Crippen LogP contribution in [-0.4, -0.2) is 48.9 Å². The molecule has 2 heterocycles. The molecule has 0 bridgehead atoms. The van der Waals surface area contributed by atoms with Crippen LogP contribution in [0, 0.1) is 13.8 Å². The van der Waals surface area contributed by atoms with Crippen LogP contribution >= 0.6 is 12.2 Å². The highest BCUT2D eigenvalue weighted by atomic mass is 32.1. The number of anilines is 1. The molecule has 1 aliphatic heterocycles. The number of thiocarbonyl (C=S) groups is 1. The number of nitrogens with zero attached hydrogens (tertiary/aromatic N) is 2. The number of carbonyl (C=O) groups excluding carboxylic acids is 1. The molecule has 0 radical (unpaired) electrons. The summed E-state index contributed by atoms with van der Waals surface area (Å²) in [5.41, 5.74) is 8.96. The van der Waals surface area contributed by atoms with Gasteiger partial charge in [-0.15, -0.1) is 0 Å². The molecule has 1 atom stereocenters. The quantitative estimate of drug-likeness (QED) is 0.651. The summed E-state index contributed by atoms with van der Waals surface area (Å²) < 4.78 is 10.3. The number of ether oxygens (including phenoxy) is 2. The van der Waals surface area contributed by atoms with E-state index in [9.17, 15) is 4.79 Å². The standard InChI is InChI=1S/C14H19N3O3S/c1-8-6-10(12(13(15)21)9(2)16-8)17-4-5-20-7-11(17)14(18)19-3/h6,11H,4-5,7H2,1-3H3,(H2,15,21). The van der Waals surface area contributed by atoms with Crippen LogP contribution in [0.4, 0.5) is 5.69 Å². The molecular weight excluding hydrogens is 290 g/mol. The van der Waals surface area contributed by atoms with E-state index in [1.807, 2.05) is 24.8 Å². The molecule has 7 heteroatoms. The van der Waals surface area contributed by atoms with Gasteiger partial charge in [0.25, 0.3) is 0 Å². The van der Waals surface area contributed by atoms with Crippen LogP contribution in [0.1, 0.15) is 17.0 Å². The number of rotatable bonds is 3. The summed E-state index contributed by atoms with van der Waals surface area (Å²) in [4.78, 5) is 18.6. The SMILES string of the molecule is COC(=O)C1COCCN1c1cc(C)nc(C)c1C(N)=S. The van der Waals surface area contributed by atoms with Gasteiger partial charge in [0.05, 0.1) is 31.6 Å². The minimum Gasteiger partial charge on any atom is -0.467 e. The molecule has 1 aliphatic rings. The average molecular weight is 309 g/mol. The molecule has 1 saturated heterocycles. The summed E-state index contributed by atoms with van der Waals surface area (Å²) in [6.07, 6.45) is 0. The Labute approximate surface area is 129 Å². The second-order valence-corrected chi connectivity index (χ2v) is 5.35. The number of esters is 1. The van der Waals surface area contributed by atoms with Crippen LogP contribution in [-0.2, 0) is 14.3 Å². The van der Waals surface area contributed by atoms with Crippen molar-refractivity contribution in [2.45, 2.75) is 19.9 Å². The fourth-order valence-corrected chi connectivity index (χ4v) is 2.81. The molecule has 114 valence electrons. The Morgan fingerprint density at radius 3 is 2.90 bits per heavy atom. The van der Waals surface area contributed by atoms with Gasteiger partial charge in [0.2, 0.25) is 0 Å². The molecule has 0 spiro atoms. The predicted molar refractivity (Wildman–Crippen MR) is 83.6 cm³/mol. The molecular formula is C14H19N3O3S. The normalized spacial score (nSPS) is 18.4. The van der Waals surface area contributed by atoms with Crippen molar-refractivity contribution in [1.29, 1.82) is 0 Å². The van der Waals surface area contributed by atoms with Crippen molar-refractivity contribution >= 4 is 28.9 Å². The van der Waals surface area contributed by atoms with Gasteiger partial charge in [0.1, 0.15) is 4.99 Å². The molecule has 1 unspecified atom stereocenters. The zero-order valence-corrected chi connectivity index (χ0v) is 13.2. The highest BCUT2D eigenvalue weighted by molar-refractivity contribution is 7.80. The van der Waals surface area contributed by atoms with E-state index in [2.05, 4.69) is 4.98 Å². The third-order valence-electron chi connectivity index (χ3n) is 3.47. The van der Waals surface area contributed by atoms with Gasteiger partial charge >= 0.3 is 5.97 Å². The maximum absolute atomic E-state index is 12.0. The first-order valence-electron chi connectivity index (χ1n) is 6.66. The van der Waals surface area contributed by atoms with E-state index in [1.54, 1.807) is 0 Å². The Hall–Kier alpha value is -1.73. The van der Waals surface area contributed by atoms with E-state index < -0.39 is 6.04 Å². The number of nitrogens with two attached hydrogens (primary N) is 1. The third-order valence-corrected chi connectivity index (χ3v) is 3.67. The van der Waals surface area contributed by atoms with E-state index in [1.165, 1.54) is 7.11 Å². The first-order valence-corrected chi connectivity index (χ1v) is 7.06. The van der Waals surface area contributed by atoms with Crippen molar-refractivity contribution in [2.24, 2.45) is 5.73 Å². The highest BCUT2D eigenvalue weighted by Crippen LogP contribution is 2.27. The minimum atomic E-state index is -0.502. The van der Waals surface area contributed by atoms with Crippen molar-refractivity contribution in [3.05, 3.63) is 23.0 Å². The number of methoxy groups -OCH3 is 1. The van der Waals surface area contributed by atoms with Crippen molar-refractivity contribution in [3.63, 3.8) is 0 Å². The number of hydrogen-bond acceptors (Lipinski definition) is 6. The third kappa shape index (κ3) is 3.14. The highest BCUT2D eigenvalue weighted by Gasteiger charge is 2.32. The lowest BCUT2D eigenvalue weighted by atomic mass is 10.1. The van der Waals surface area contributed by atoms with E-state index in [0.717, 1.165) is 17.1 Å². The topological polar surface area (TPSA) is 77.7 Å². The number of carbonyl (C=O) groups is 1. The van der Waals surface area contributed by atoms with Crippen molar-refractivity contribution in [3.8, 4) is 0 Å². The van der Waals surface area contributed by atoms with Gasteiger partial charge in [-0.1, -0.05) is 12.2 Å². The number of morpholine rings is 1. The second-order valence-electron chi connectivity index (χ2n) is 4.91. The van der Waals surface area contributed by atoms with Gasteiger partial charge in [-0.05, 0) is 19.9 Å². The van der Waals surface area contributed by atoms with Crippen LogP contribution in [0.15, 0.2) is 6.07 Å². The summed E-state index contributed by atoms with van der Waals surface area (Å²) in [6, 6.07) is 1.39. The van der Waals surface area contributed by atoms with Crippen LogP contribution < -0.4 is 10.6 Å². The molecule has 6 nitrogen and oxygen atoms in total. The summed E-state index contributed by atoms with van der Waals surface area (Å²) in [5.74, 6) is -0.337. The lowest BCUT2D eigenvalue weighted by molar-refractivity contribution is -0.144. The molecule has 21 heavy (non-hydrogen) atoms. The molecule has 1 aromatic heterocycles. The molecule has 0 aromatic carbocycles. The predicted octanol–water partition coefficient (Wildman–Crippen LogP) is 0.711. The van der Waals surface area contributed by atoms with Gasteiger partial charge < -0.3 is 20.1 Å². The summed E-state index contributed by atoms with van der Waals surface area (Å²) in [7, 11) is 1.37. The fraction of sp³-hybridized carbons (Fsp3) is 0.500. The first kappa shape index (κ1) is 15.7. The Bertz CT molecular complexity index is 577. The van der Waals surface area contributed by atoms with Crippen molar-refractivity contribution < 1.29 is 14.3 Å². The van der Waals surface area contributed by atoms with Crippen LogP contribution in [0.5, 0.6) is 0 Å². The van der Waals surface area contributed by atoms with Gasteiger partial charge in [-0.3, -0.25) is 4.98 Å². The first-order chi connectivity index (χ1) is 9.95. The fourth-order valence-electron chi connectivity index (χ4n) is 2.56. The van der Waals surface area contributed by atoms with E-state index in [-0.39, 0.29) is 17.6 Å². The molecule has 2 N–H and O–H groups in total. The number of aromatic nitrogens is 1. The lowest BCUT2D eigenvalue weighted by Crippen LogP contribution is -2.51. The Kier molecular flexibility index (Phi) is 4.74. The van der Waals surface area contributed by atoms with Crippen LogP contribution in [0.2, 0.25) is 0 Å². The number of aryl methyl sites for hydroxylation is 2. The minimum absolute atomic E-state index is 0.269. The smallest absolute Gasteiger partial charge is 0.330 e. The molecule has 0 saturated carbocycles. The Morgan fingerprint density at radius 1 is 1.57 bits per heavy atom. The average Bonchev–Trinajstić information content (AvgIpc) is 2.45. The maximum Gasteiger partial charge on any atom is 0.330 e. The van der Waals surface area contributed by atoms with E-state index >= 15 is 0 Å². The van der Waals surface area contributed by atoms with Crippen molar-refractivity contribution in [2.75, 3.05) is 31.8 Å². The molecule has 0 amide bonds. The van der Waals surface area contributed by atoms with Gasteiger partial charge in [0.15, 0.2) is 6.04 Å². The zero-order valence-electron chi connectivity index (χ0n) is 12.4. The second kappa shape index (κ2) is 6.36. The summed E-state index contributed by atoms with van der Waals surface area (Å²) in [6.45, 7) is 5.14. The largest absolute Gasteiger partial charge is 0.467 e. The summed E-state index contributed by atoms with van der Waals surface area (Å²) in [5, 5.41) is 0. The Balaban J connectivity index is 2.52. The lowest BCUT2D eigenvalue weighted by Gasteiger charge is -2.36. The van der Waals surface area contributed by atoms with E-state index in [0.29, 0.717) is 18.7 Å². The molecule has 1 fully saturated rings. The van der Waals surface area contributed by atoms with Crippen LogP contribution in [0.3, 0.4) is 0 Å². The van der Waals surface area contributed by atoms with Gasteiger partial charge in [0, 0.05) is 17.9 Å². The monoisotopic (exact) mass is 309 g/mol. The molecule has 0 aliphatic carbocycles. The van der Waals surface area contributed by atoms with E-state index in [4.69, 9.17) is 27.4 Å². The van der Waals surface area contributed by atoms with Crippen LogP contribution in [0.25, 0.3) is 0 Å². The number of hydrogen-bond donors (Lipinski definition) is 1. The number of pyridine rings is 1. The molecule has 2 rings (SSSR count). The van der Waals surface area contributed by atoms with Gasteiger partial charge in [-0.2, -0.15) is 0 Å². The van der Waals surface area contributed by atoms with Crippen molar-refractivity contribution in [1.82, 2.24) is 4.98 Å². The Morgan fingerprint density at radius 2 is 2.29 bits per heavy atom. The summed E-state index contributed by atoms with van der Waals surface area (Å²) >= 11 is 5.15. The van der Waals surface area contributed by atoms with Gasteiger partial charge in [-0.25, -0.2) is 4.79 Å². The molecule has 1 aromatic rings.